The van der Waals surface area contributed by atoms with E-state index in [2.05, 4.69) is 38.7 Å². The highest BCUT2D eigenvalue weighted by molar-refractivity contribution is 7.84. The van der Waals surface area contributed by atoms with Gasteiger partial charge in [-0.2, -0.15) is 4.98 Å². The van der Waals surface area contributed by atoms with Crippen molar-refractivity contribution in [3.8, 4) is 16.5 Å². The number of nitrogens with zero attached hydrogens (tertiary/aromatic N) is 6. The standard InChI is InChI=1S/C26H30N6O2S2.H2O/c1-4-5-18-14-28-25(29-15-18)32-12-10-19(11-13-32)17(2)34-26-31-23-24(35-26)30-22(16-27-23)20-6-8-21(9-7-20)36(3)33;/h6-9,14-17,19H,4-5,10-13H2,1-3H3;1H2. The number of hydrogen-bond donors (Lipinski definition) is 0. The van der Waals surface area contributed by atoms with Crippen LogP contribution in [0.3, 0.4) is 0 Å². The van der Waals surface area contributed by atoms with Crippen LogP contribution in [0.15, 0.2) is 47.8 Å². The average Bonchev–Trinajstić information content (AvgIpc) is 3.31. The summed E-state index contributed by atoms with van der Waals surface area (Å²) in [7, 11) is -1.00. The number of aromatic nitrogens is 5. The van der Waals surface area contributed by atoms with Gasteiger partial charge in [0.2, 0.25) is 5.95 Å². The normalized spacial score (nSPS) is 15.8. The van der Waals surface area contributed by atoms with Gasteiger partial charge in [0.25, 0.3) is 5.19 Å². The van der Waals surface area contributed by atoms with Crippen LogP contribution in [0, 0.1) is 5.92 Å². The molecule has 0 amide bonds. The van der Waals surface area contributed by atoms with Crippen molar-refractivity contribution < 1.29 is 14.4 Å². The topological polar surface area (TPSA) is 125 Å². The first kappa shape index (κ1) is 27.0. The lowest BCUT2D eigenvalue weighted by atomic mass is 9.92. The first-order valence-electron chi connectivity index (χ1n) is 12.3. The van der Waals surface area contributed by atoms with Gasteiger partial charge >= 0.3 is 0 Å². The molecule has 0 bridgehead atoms. The van der Waals surface area contributed by atoms with Crippen molar-refractivity contribution >= 4 is 38.6 Å². The van der Waals surface area contributed by atoms with Crippen LogP contribution >= 0.6 is 11.3 Å². The molecular formula is C26H32N6O3S2. The second kappa shape index (κ2) is 12.0. The Morgan fingerprint density at radius 1 is 1.08 bits per heavy atom. The maximum Gasteiger partial charge on any atom is 0.277 e. The van der Waals surface area contributed by atoms with Gasteiger partial charge < -0.3 is 15.1 Å². The molecule has 2 atom stereocenters. The van der Waals surface area contributed by atoms with Gasteiger partial charge in [-0.3, -0.25) is 4.21 Å². The smallest absolute Gasteiger partial charge is 0.277 e. The molecule has 0 aliphatic carbocycles. The van der Waals surface area contributed by atoms with Gasteiger partial charge in [0.15, 0.2) is 10.5 Å². The Bertz CT molecular complexity index is 1340. The molecule has 37 heavy (non-hydrogen) atoms. The summed E-state index contributed by atoms with van der Waals surface area (Å²) in [5, 5.41) is 0.601. The zero-order chi connectivity index (χ0) is 25.1. The van der Waals surface area contributed by atoms with E-state index in [4.69, 9.17) is 9.72 Å². The van der Waals surface area contributed by atoms with E-state index < -0.39 is 10.8 Å². The molecule has 1 aromatic carbocycles. The molecular weight excluding hydrogens is 508 g/mol. The van der Waals surface area contributed by atoms with Gasteiger partial charge in [-0.05, 0) is 49.8 Å². The van der Waals surface area contributed by atoms with Gasteiger partial charge in [0, 0.05) is 53.0 Å². The van der Waals surface area contributed by atoms with E-state index in [1.807, 2.05) is 36.7 Å². The largest absolute Gasteiger partial charge is 0.467 e. The van der Waals surface area contributed by atoms with E-state index in [1.54, 1.807) is 12.5 Å². The lowest BCUT2D eigenvalue weighted by molar-refractivity contribution is 0.132. The minimum atomic E-state index is -1.00. The van der Waals surface area contributed by atoms with Gasteiger partial charge in [-0.25, -0.2) is 19.9 Å². The van der Waals surface area contributed by atoms with Crippen LogP contribution in [-0.4, -0.2) is 60.1 Å². The third kappa shape index (κ3) is 6.28. The summed E-state index contributed by atoms with van der Waals surface area (Å²) in [6, 6.07) is 7.56. The summed E-state index contributed by atoms with van der Waals surface area (Å²) in [6.45, 7) is 6.12. The Morgan fingerprint density at radius 3 is 2.43 bits per heavy atom. The second-order valence-electron chi connectivity index (χ2n) is 9.13. The molecule has 5 rings (SSSR count). The highest BCUT2D eigenvalue weighted by Crippen LogP contribution is 2.31. The molecule has 9 nitrogen and oxygen atoms in total. The Balaban J connectivity index is 0.00000320. The van der Waals surface area contributed by atoms with Crippen LogP contribution in [0.5, 0.6) is 5.19 Å². The minimum Gasteiger partial charge on any atom is -0.467 e. The number of ether oxygens (including phenoxy) is 1. The summed E-state index contributed by atoms with van der Waals surface area (Å²) in [6.07, 6.45) is 11.5. The fourth-order valence-electron chi connectivity index (χ4n) is 4.46. The van der Waals surface area contributed by atoms with Crippen LogP contribution < -0.4 is 9.64 Å². The van der Waals surface area contributed by atoms with E-state index in [9.17, 15) is 4.21 Å². The van der Waals surface area contributed by atoms with Gasteiger partial charge in [-0.1, -0.05) is 36.8 Å². The molecule has 4 aromatic rings. The molecule has 2 unspecified atom stereocenters. The summed E-state index contributed by atoms with van der Waals surface area (Å²) in [4.78, 5) is 26.7. The van der Waals surface area contributed by atoms with Crippen molar-refractivity contribution in [3.63, 3.8) is 0 Å². The molecule has 0 radical (unpaired) electrons. The average molecular weight is 541 g/mol. The first-order valence-corrected chi connectivity index (χ1v) is 14.7. The predicted octanol–water partition coefficient (Wildman–Crippen LogP) is 4.09. The van der Waals surface area contributed by atoms with Crippen LogP contribution in [0.2, 0.25) is 0 Å². The van der Waals surface area contributed by atoms with Crippen molar-refractivity contribution in [2.24, 2.45) is 5.92 Å². The maximum absolute atomic E-state index is 11.6. The number of aryl methyl sites for hydroxylation is 1. The fourth-order valence-corrected chi connectivity index (χ4v) is 5.81. The minimum absolute atomic E-state index is 0. The molecule has 0 spiro atoms. The summed E-state index contributed by atoms with van der Waals surface area (Å²) in [5.41, 5.74) is 3.47. The molecule has 1 fully saturated rings. The number of rotatable bonds is 8. The van der Waals surface area contributed by atoms with Crippen molar-refractivity contribution in [2.45, 2.75) is 50.5 Å². The van der Waals surface area contributed by atoms with Crippen molar-refractivity contribution in [1.29, 1.82) is 0 Å². The van der Waals surface area contributed by atoms with Crippen molar-refractivity contribution in [1.82, 2.24) is 24.9 Å². The highest BCUT2D eigenvalue weighted by Gasteiger charge is 2.27. The number of piperidine rings is 1. The predicted molar refractivity (Wildman–Crippen MR) is 148 cm³/mol. The highest BCUT2D eigenvalue weighted by atomic mass is 32.2. The van der Waals surface area contributed by atoms with Gasteiger partial charge in [-0.15, -0.1) is 0 Å². The lowest BCUT2D eigenvalue weighted by Gasteiger charge is -2.34. The zero-order valence-electron chi connectivity index (χ0n) is 21.3. The SMILES string of the molecule is CCCc1cnc(N2CCC(C(C)Oc3nc4ncc(-c5ccc(S(C)=O)cc5)nc4s3)CC2)nc1.O. The third-order valence-corrected chi connectivity index (χ3v) is 8.35. The molecule has 1 aliphatic rings. The van der Waals surface area contributed by atoms with E-state index >= 15 is 0 Å². The lowest BCUT2D eigenvalue weighted by Crippen LogP contribution is -2.39. The molecule has 2 N–H and O–H groups in total. The summed E-state index contributed by atoms with van der Waals surface area (Å²) >= 11 is 1.42. The summed E-state index contributed by atoms with van der Waals surface area (Å²) < 4.78 is 17.9. The number of hydrogen-bond acceptors (Lipinski definition) is 9. The number of anilines is 1. The molecule has 0 saturated carbocycles. The van der Waals surface area contributed by atoms with Crippen LogP contribution in [0.25, 0.3) is 21.7 Å². The Morgan fingerprint density at radius 2 is 1.78 bits per heavy atom. The first-order chi connectivity index (χ1) is 17.5. The van der Waals surface area contributed by atoms with Crippen molar-refractivity contribution in [3.05, 3.63) is 48.4 Å². The Hall–Kier alpha value is -3.02. The van der Waals surface area contributed by atoms with E-state index in [0.717, 1.165) is 65.7 Å². The zero-order valence-corrected chi connectivity index (χ0v) is 22.9. The quantitative estimate of drug-likeness (QED) is 0.327. The molecule has 196 valence electrons. The van der Waals surface area contributed by atoms with E-state index in [0.29, 0.717) is 16.8 Å². The van der Waals surface area contributed by atoms with Crippen LogP contribution in [0.1, 0.15) is 38.7 Å². The molecule has 4 heterocycles. The number of benzene rings is 1. The molecule has 3 aromatic heterocycles. The van der Waals surface area contributed by atoms with Crippen LogP contribution in [-0.2, 0) is 17.2 Å². The Kier molecular flexibility index (Phi) is 8.78. The fraction of sp³-hybridized carbons (Fsp3) is 0.423. The second-order valence-corrected chi connectivity index (χ2v) is 11.5. The van der Waals surface area contributed by atoms with Gasteiger partial charge in [0.05, 0.1) is 11.9 Å². The molecule has 1 aliphatic heterocycles. The van der Waals surface area contributed by atoms with Crippen molar-refractivity contribution in [2.75, 3.05) is 24.2 Å². The maximum atomic E-state index is 11.6. The van der Waals surface area contributed by atoms with Crippen LogP contribution in [0.4, 0.5) is 5.95 Å². The monoisotopic (exact) mass is 540 g/mol. The Labute approximate surface area is 223 Å². The molecule has 1 saturated heterocycles. The van der Waals surface area contributed by atoms with E-state index in [1.165, 1.54) is 16.9 Å². The van der Waals surface area contributed by atoms with E-state index in [-0.39, 0.29) is 11.6 Å². The third-order valence-electron chi connectivity index (χ3n) is 6.59. The van der Waals surface area contributed by atoms with Gasteiger partial charge in [0.1, 0.15) is 6.10 Å². The number of fused-ring (bicyclic) bond motifs is 1. The molecule has 11 heteroatoms. The summed E-state index contributed by atoms with van der Waals surface area (Å²) in [5.74, 6) is 1.25. The number of thiazole rings is 1.